The molecule has 0 unspecified atom stereocenters. The lowest BCUT2D eigenvalue weighted by Gasteiger charge is -2.05. The van der Waals surface area contributed by atoms with Gasteiger partial charge >= 0.3 is 0 Å². The van der Waals surface area contributed by atoms with Gasteiger partial charge in [0, 0.05) is 0 Å². The molecule has 0 amide bonds. The van der Waals surface area contributed by atoms with Crippen LogP contribution in [0.3, 0.4) is 0 Å². The first-order chi connectivity index (χ1) is 9.45. The van der Waals surface area contributed by atoms with Crippen molar-refractivity contribution in [1.82, 2.24) is 0 Å². The van der Waals surface area contributed by atoms with Gasteiger partial charge in [-0.15, -0.1) is 13.2 Å². The van der Waals surface area contributed by atoms with E-state index in [4.69, 9.17) is 0 Å². The summed E-state index contributed by atoms with van der Waals surface area (Å²) in [5.41, 5.74) is 0. The molecule has 0 saturated heterocycles. The molecule has 20 heavy (non-hydrogen) atoms. The third-order valence-electron chi connectivity index (χ3n) is 1.44. The van der Waals surface area contributed by atoms with Crippen LogP contribution in [-0.2, 0) is 0 Å². The predicted molar refractivity (Wildman–Crippen MR) is 105 cm³/mol. The highest BCUT2D eigenvalue weighted by molar-refractivity contribution is 4.47. The largest absolute Gasteiger partial charge is 0.106 e. The second kappa shape index (κ2) is 62.2. The van der Waals surface area contributed by atoms with Gasteiger partial charge in [0.1, 0.15) is 0 Å². The second-order valence-electron chi connectivity index (χ2n) is 4.73. The molecule has 0 aliphatic carbocycles. The van der Waals surface area contributed by atoms with Crippen molar-refractivity contribution in [1.29, 1.82) is 0 Å². The normalized spacial score (nSPS) is 7.10. The molecule has 0 aromatic rings. The van der Waals surface area contributed by atoms with Gasteiger partial charge in [-0.25, -0.2) is 0 Å². The summed E-state index contributed by atoms with van der Waals surface area (Å²) in [6.45, 7) is 31.7. The van der Waals surface area contributed by atoms with Crippen molar-refractivity contribution in [3.63, 3.8) is 0 Å². The van der Waals surface area contributed by atoms with Crippen molar-refractivity contribution < 1.29 is 0 Å². The first kappa shape index (κ1) is 36.7. The summed E-state index contributed by atoms with van der Waals surface area (Å²) in [5.74, 6) is 1.75. The van der Waals surface area contributed by atoms with Crippen molar-refractivity contribution >= 4 is 0 Å². The van der Waals surface area contributed by atoms with Gasteiger partial charge in [-0.2, -0.15) is 0 Å². The lowest BCUT2D eigenvalue weighted by atomic mass is 10.0. The Morgan fingerprint density at radius 2 is 0.750 bits per heavy atom. The Morgan fingerprint density at radius 3 is 0.750 bits per heavy atom. The molecule has 0 radical (unpaired) electrons. The smallest absolute Gasteiger partial charge is 0.0469 e. The topological polar surface area (TPSA) is 0 Å². The predicted octanol–water partition coefficient (Wildman–Crippen LogP) is 8.77. The SMILES string of the molecule is C=C.CC.CC.CC(C)CC(C)C.CCC.CCCC. The summed E-state index contributed by atoms with van der Waals surface area (Å²) in [6.07, 6.45) is 5.25. The molecule has 0 fully saturated rings. The molecule has 130 valence electrons. The van der Waals surface area contributed by atoms with Gasteiger partial charge < -0.3 is 0 Å². The number of hydrogen-bond donors (Lipinski definition) is 0. The fourth-order valence-corrected chi connectivity index (χ4v) is 0.943. The first-order valence-electron chi connectivity index (χ1n) is 8.95. The highest BCUT2D eigenvalue weighted by Crippen LogP contribution is 2.08. The van der Waals surface area contributed by atoms with Crippen LogP contribution in [0.15, 0.2) is 13.2 Å². The monoisotopic (exact) mass is 290 g/mol. The average Bonchev–Trinajstić information content (AvgIpc) is 2.45. The maximum Gasteiger partial charge on any atom is -0.0469 e. The first-order valence-corrected chi connectivity index (χ1v) is 8.95. The standard InChI is InChI=1S/C7H16.C4H10.C3H8.2C2H6.C2H4/c1-6(2)5-7(3)4;1-3-4-2;1-3-2;3*1-2/h6-7H,5H2,1-4H3;3-4H2,1-2H3;3H2,1-2H3;2*1-2H3;1-2H2. The third-order valence-corrected chi connectivity index (χ3v) is 1.44. The van der Waals surface area contributed by atoms with Crippen LogP contribution in [0.4, 0.5) is 0 Å². The highest BCUT2D eigenvalue weighted by atomic mass is 14.0. The Bertz CT molecular complexity index is 64.1. The number of hydrogen-bond acceptors (Lipinski definition) is 0. The molecule has 0 bridgehead atoms. The van der Waals surface area contributed by atoms with Crippen molar-refractivity contribution in [3.8, 4) is 0 Å². The molecule has 0 spiro atoms. The zero-order valence-corrected chi connectivity index (χ0v) is 17.4. The van der Waals surface area contributed by atoms with Crippen LogP contribution in [-0.4, -0.2) is 0 Å². The molecule has 0 heteroatoms. The van der Waals surface area contributed by atoms with Crippen molar-refractivity contribution in [2.24, 2.45) is 11.8 Å². The molecular formula is C20H50. The van der Waals surface area contributed by atoms with Gasteiger partial charge in [-0.3, -0.25) is 0 Å². The Kier molecular flexibility index (Phi) is 114. The summed E-state index contributed by atoms with van der Waals surface area (Å²) in [7, 11) is 0. The molecule has 0 aliphatic heterocycles. The molecule has 0 nitrogen and oxygen atoms in total. The summed E-state index contributed by atoms with van der Waals surface area (Å²) in [5, 5.41) is 0. The van der Waals surface area contributed by atoms with E-state index in [1.807, 2.05) is 27.7 Å². The maximum atomic E-state index is 3.00. The highest BCUT2D eigenvalue weighted by Gasteiger charge is 1.95. The van der Waals surface area contributed by atoms with E-state index in [1.54, 1.807) is 0 Å². The van der Waals surface area contributed by atoms with Gasteiger partial charge in [0.25, 0.3) is 0 Å². The minimum atomic E-state index is 0.875. The Labute approximate surface area is 134 Å². The van der Waals surface area contributed by atoms with E-state index < -0.39 is 0 Å². The van der Waals surface area contributed by atoms with Gasteiger partial charge in [-0.05, 0) is 18.3 Å². The molecule has 0 heterocycles. The maximum absolute atomic E-state index is 3.00. The van der Waals surface area contributed by atoms with Gasteiger partial charge in [0.15, 0.2) is 0 Å². The molecule has 0 N–H and O–H groups in total. The Balaban J connectivity index is -0.0000000327. The summed E-state index contributed by atoms with van der Waals surface area (Å²) >= 11 is 0. The molecule has 0 saturated carbocycles. The lowest BCUT2D eigenvalue weighted by Crippen LogP contribution is -1.93. The summed E-state index contributed by atoms with van der Waals surface area (Å²) in [6, 6.07) is 0. The van der Waals surface area contributed by atoms with Gasteiger partial charge in [0.2, 0.25) is 0 Å². The Morgan fingerprint density at radius 1 is 0.600 bits per heavy atom. The molecule has 0 aromatic carbocycles. The third kappa shape index (κ3) is 221. The summed E-state index contributed by atoms with van der Waals surface area (Å²) < 4.78 is 0. The quantitative estimate of drug-likeness (QED) is 0.456. The fraction of sp³-hybridized carbons (Fsp3) is 0.900. The fourth-order valence-electron chi connectivity index (χ4n) is 0.943. The van der Waals surface area contributed by atoms with Crippen molar-refractivity contribution in [3.05, 3.63) is 13.2 Å². The van der Waals surface area contributed by atoms with E-state index in [-0.39, 0.29) is 0 Å². The van der Waals surface area contributed by atoms with Crippen LogP contribution in [0.2, 0.25) is 0 Å². The second-order valence-corrected chi connectivity index (χ2v) is 4.73. The molecule has 0 aromatic heterocycles. The van der Waals surface area contributed by atoms with E-state index in [0.29, 0.717) is 0 Å². The number of unbranched alkanes of at least 4 members (excludes halogenated alkanes) is 1. The van der Waals surface area contributed by atoms with Crippen LogP contribution in [0.1, 0.15) is 109 Å². The lowest BCUT2D eigenvalue weighted by molar-refractivity contribution is 0.469. The van der Waals surface area contributed by atoms with Gasteiger partial charge in [0.05, 0.1) is 0 Å². The summed E-state index contributed by atoms with van der Waals surface area (Å²) in [4.78, 5) is 0. The molecule has 0 aliphatic rings. The molecule has 0 rings (SSSR count). The minimum Gasteiger partial charge on any atom is -0.106 e. The number of rotatable bonds is 3. The van der Waals surface area contributed by atoms with Crippen LogP contribution in [0.25, 0.3) is 0 Å². The average molecular weight is 291 g/mol. The molecular weight excluding hydrogens is 240 g/mol. The van der Waals surface area contributed by atoms with Crippen LogP contribution >= 0.6 is 0 Å². The van der Waals surface area contributed by atoms with Gasteiger partial charge in [-0.1, -0.05) is 102 Å². The van der Waals surface area contributed by atoms with E-state index >= 15 is 0 Å². The molecule has 0 atom stereocenters. The van der Waals surface area contributed by atoms with Crippen molar-refractivity contribution in [2.75, 3.05) is 0 Å². The van der Waals surface area contributed by atoms with E-state index in [2.05, 4.69) is 68.5 Å². The van der Waals surface area contributed by atoms with Crippen LogP contribution in [0, 0.1) is 11.8 Å². The van der Waals surface area contributed by atoms with E-state index in [9.17, 15) is 0 Å². The van der Waals surface area contributed by atoms with Crippen LogP contribution < -0.4 is 0 Å². The zero-order chi connectivity index (χ0) is 18.0. The van der Waals surface area contributed by atoms with Crippen LogP contribution in [0.5, 0.6) is 0 Å². The minimum absolute atomic E-state index is 0.875. The Hall–Kier alpha value is -0.260. The van der Waals surface area contributed by atoms with E-state index in [1.165, 1.54) is 25.7 Å². The van der Waals surface area contributed by atoms with Crippen molar-refractivity contribution in [2.45, 2.75) is 109 Å². The van der Waals surface area contributed by atoms with E-state index in [0.717, 1.165) is 11.8 Å². The zero-order valence-electron chi connectivity index (χ0n) is 17.4.